The summed E-state index contributed by atoms with van der Waals surface area (Å²) >= 11 is 0. The van der Waals surface area contributed by atoms with Gasteiger partial charge in [0.25, 0.3) is 0 Å². The Morgan fingerprint density at radius 3 is 2.37 bits per heavy atom. The number of hydrogen-bond donors (Lipinski definition) is 1. The van der Waals surface area contributed by atoms with Gasteiger partial charge in [0.1, 0.15) is 6.61 Å². The Morgan fingerprint density at radius 2 is 1.89 bits per heavy atom. The van der Waals surface area contributed by atoms with Gasteiger partial charge in [0.05, 0.1) is 0 Å². The monoisotopic (exact) mass is 269 g/mol. The molecule has 1 atom stereocenters. The lowest BCUT2D eigenvalue weighted by Gasteiger charge is -2.12. The second-order valence-electron chi connectivity index (χ2n) is 4.65. The molecule has 0 bridgehead atoms. The lowest BCUT2D eigenvalue weighted by molar-refractivity contribution is 0.309. The average molecular weight is 269 g/mol. The van der Waals surface area contributed by atoms with Gasteiger partial charge in [0.15, 0.2) is 17.4 Å². The van der Waals surface area contributed by atoms with E-state index < -0.39 is 11.6 Å². The molecule has 2 N–H and O–H groups in total. The maximum absolute atomic E-state index is 13.8. The van der Waals surface area contributed by atoms with Gasteiger partial charge in [-0.15, -0.1) is 0 Å². The molecule has 2 nitrogen and oxygen atoms in total. The van der Waals surface area contributed by atoms with Crippen LogP contribution in [0.15, 0.2) is 24.3 Å². The Labute approximate surface area is 113 Å². The molecule has 1 aromatic carbocycles. The van der Waals surface area contributed by atoms with Crippen LogP contribution in [0.25, 0.3) is 0 Å². The summed E-state index contributed by atoms with van der Waals surface area (Å²) in [6, 6.07) is 2.47. The minimum atomic E-state index is -0.692. The van der Waals surface area contributed by atoms with E-state index in [2.05, 4.69) is 6.58 Å². The van der Waals surface area contributed by atoms with Crippen LogP contribution in [0.3, 0.4) is 0 Å². The van der Waals surface area contributed by atoms with Gasteiger partial charge in [-0.1, -0.05) is 20.4 Å². The van der Waals surface area contributed by atoms with E-state index in [1.807, 2.05) is 13.8 Å². The van der Waals surface area contributed by atoms with Gasteiger partial charge in [-0.25, -0.2) is 8.78 Å². The molecule has 0 saturated carbocycles. The molecule has 0 saturated heterocycles. The fourth-order valence-electron chi connectivity index (χ4n) is 1.59. The third-order valence-corrected chi connectivity index (χ3v) is 3.00. The lowest BCUT2D eigenvalue weighted by Crippen LogP contribution is -2.21. The zero-order valence-electron chi connectivity index (χ0n) is 11.5. The van der Waals surface area contributed by atoms with Crippen molar-refractivity contribution in [3.63, 3.8) is 0 Å². The first-order chi connectivity index (χ1) is 8.97. The molecule has 0 radical (unpaired) electrons. The summed E-state index contributed by atoms with van der Waals surface area (Å²) in [5.74, 6) is -1.73. The molecule has 0 fully saturated rings. The molecule has 19 heavy (non-hydrogen) atoms. The van der Waals surface area contributed by atoms with E-state index in [4.69, 9.17) is 10.5 Å². The van der Waals surface area contributed by atoms with Crippen molar-refractivity contribution in [2.24, 2.45) is 5.73 Å². The highest BCUT2D eigenvalue weighted by atomic mass is 19.1. The van der Waals surface area contributed by atoms with Gasteiger partial charge >= 0.3 is 0 Å². The van der Waals surface area contributed by atoms with Crippen molar-refractivity contribution in [1.29, 1.82) is 0 Å². The third-order valence-electron chi connectivity index (χ3n) is 3.00. The van der Waals surface area contributed by atoms with Crippen LogP contribution in [0.4, 0.5) is 8.78 Å². The number of benzene rings is 1. The van der Waals surface area contributed by atoms with E-state index in [0.29, 0.717) is 18.4 Å². The Hall–Kier alpha value is -1.42. The van der Waals surface area contributed by atoms with Crippen LogP contribution < -0.4 is 10.5 Å². The molecule has 0 aliphatic heterocycles. The topological polar surface area (TPSA) is 35.2 Å². The maximum Gasteiger partial charge on any atom is 0.191 e. The molecule has 0 amide bonds. The molecule has 1 rings (SSSR count). The van der Waals surface area contributed by atoms with E-state index in [0.717, 1.165) is 12.0 Å². The van der Waals surface area contributed by atoms with Crippen LogP contribution in [0, 0.1) is 11.6 Å². The number of nitrogens with two attached hydrogens (primary N) is 1. The predicted octanol–water partition coefficient (Wildman–Crippen LogP) is 3.59. The van der Waals surface area contributed by atoms with Crippen LogP contribution in [-0.2, 0) is 6.42 Å². The van der Waals surface area contributed by atoms with Crippen molar-refractivity contribution in [2.75, 3.05) is 6.61 Å². The fraction of sp³-hybridized carbons (Fsp3) is 0.467. The largest absolute Gasteiger partial charge is 0.483 e. The zero-order valence-corrected chi connectivity index (χ0v) is 11.5. The van der Waals surface area contributed by atoms with Gasteiger partial charge in [-0.2, -0.15) is 0 Å². The van der Waals surface area contributed by atoms with E-state index in [-0.39, 0.29) is 18.4 Å². The summed E-state index contributed by atoms with van der Waals surface area (Å²) in [5.41, 5.74) is 7.11. The average Bonchev–Trinajstić information content (AvgIpc) is 2.37. The Bertz CT molecular complexity index is 423. The normalized spacial score (nSPS) is 12.3. The molecule has 0 aliphatic carbocycles. The quantitative estimate of drug-likeness (QED) is 0.768. The molecule has 0 aliphatic rings. The Morgan fingerprint density at radius 1 is 1.32 bits per heavy atom. The summed E-state index contributed by atoms with van der Waals surface area (Å²) in [6.07, 6.45) is 1.93. The number of halogens is 2. The van der Waals surface area contributed by atoms with Crippen molar-refractivity contribution in [1.82, 2.24) is 0 Å². The third kappa shape index (κ3) is 4.63. The molecular formula is C15H21F2NO. The first-order valence-electron chi connectivity index (χ1n) is 6.50. The van der Waals surface area contributed by atoms with Crippen LogP contribution in [-0.4, -0.2) is 12.6 Å². The van der Waals surface area contributed by atoms with Gasteiger partial charge in [-0.3, -0.25) is 0 Å². The van der Waals surface area contributed by atoms with E-state index in [9.17, 15) is 8.78 Å². The molecule has 0 aromatic heterocycles. The summed E-state index contributed by atoms with van der Waals surface area (Å²) in [5, 5.41) is 0. The molecular weight excluding hydrogens is 248 g/mol. The summed E-state index contributed by atoms with van der Waals surface area (Å²) in [7, 11) is 0. The standard InChI is InChI=1S/C15H21F2NO/c1-4-10(3)9-19-15-13(16)7-11(8-14(15)17)6-12(18)5-2/h7-8,12H,3-6,9,18H2,1-2H3. The maximum atomic E-state index is 13.8. The predicted molar refractivity (Wildman–Crippen MR) is 73.3 cm³/mol. The van der Waals surface area contributed by atoms with Gasteiger partial charge in [0.2, 0.25) is 0 Å². The zero-order chi connectivity index (χ0) is 14.4. The minimum absolute atomic E-state index is 0.0922. The van der Waals surface area contributed by atoms with E-state index >= 15 is 0 Å². The van der Waals surface area contributed by atoms with Crippen molar-refractivity contribution in [3.8, 4) is 5.75 Å². The van der Waals surface area contributed by atoms with Crippen LogP contribution in [0.1, 0.15) is 32.3 Å². The first kappa shape index (κ1) is 15.6. The van der Waals surface area contributed by atoms with E-state index in [1.165, 1.54) is 12.1 Å². The van der Waals surface area contributed by atoms with Crippen molar-refractivity contribution in [3.05, 3.63) is 41.5 Å². The highest BCUT2D eigenvalue weighted by Gasteiger charge is 2.14. The van der Waals surface area contributed by atoms with Gasteiger partial charge in [0, 0.05) is 6.04 Å². The van der Waals surface area contributed by atoms with Crippen molar-refractivity contribution < 1.29 is 13.5 Å². The van der Waals surface area contributed by atoms with Crippen LogP contribution >= 0.6 is 0 Å². The smallest absolute Gasteiger partial charge is 0.191 e. The molecule has 0 heterocycles. The SMILES string of the molecule is C=C(CC)COc1c(F)cc(CC(N)CC)cc1F. The second-order valence-corrected chi connectivity index (χ2v) is 4.65. The van der Waals surface area contributed by atoms with Crippen molar-refractivity contribution in [2.45, 2.75) is 39.2 Å². The lowest BCUT2D eigenvalue weighted by atomic mass is 10.0. The Balaban J connectivity index is 2.82. The van der Waals surface area contributed by atoms with Gasteiger partial charge < -0.3 is 10.5 Å². The highest BCUT2D eigenvalue weighted by Crippen LogP contribution is 2.24. The minimum Gasteiger partial charge on any atom is -0.483 e. The Kier molecular flexibility index (Phi) is 5.96. The molecule has 0 spiro atoms. The fourth-order valence-corrected chi connectivity index (χ4v) is 1.59. The number of ether oxygens (including phenoxy) is 1. The molecule has 1 unspecified atom stereocenters. The second kappa shape index (κ2) is 7.24. The molecule has 4 heteroatoms. The highest BCUT2D eigenvalue weighted by molar-refractivity contribution is 5.32. The summed E-state index contributed by atoms with van der Waals surface area (Å²) in [4.78, 5) is 0. The summed E-state index contributed by atoms with van der Waals surface area (Å²) in [6.45, 7) is 7.70. The number of rotatable bonds is 7. The van der Waals surface area contributed by atoms with Crippen molar-refractivity contribution >= 4 is 0 Å². The summed E-state index contributed by atoms with van der Waals surface area (Å²) < 4.78 is 32.7. The van der Waals surface area contributed by atoms with Gasteiger partial charge in [-0.05, 0) is 42.5 Å². The number of hydrogen-bond acceptors (Lipinski definition) is 2. The molecule has 1 aromatic rings. The van der Waals surface area contributed by atoms with Crippen LogP contribution in [0.2, 0.25) is 0 Å². The molecule has 106 valence electrons. The first-order valence-corrected chi connectivity index (χ1v) is 6.50. The van der Waals surface area contributed by atoms with Crippen LogP contribution in [0.5, 0.6) is 5.75 Å². The van der Waals surface area contributed by atoms with E-state index in [1.54, 1.807) is 0 Å².